The number of rotatable bonds is 6. The van der Waals surface area contributed by atoms with Gasteiger partial charge in [0.2, 0.25) is 10.0 Å². The fourth-order valence-corrected chi connectivity index (χ4v) is 3.74. The first-order valence-corrected chi connectivity index (χ1v) is 8.30. The van der Waals surface area contributed by atoms with Crippen molar-refractivity contribution in [2.75, 3.05) is 12.3 Å². The van der Waals surface area contributed by atoms with E-state index in [4.69, 9.17) is 17.3 Å². The van der Waals surface area contributed by atoms with E-state index in [1.54, 1.807) is 12.3 Å². The molecule has 1 heterocycles. The molecule has 0 saturated carbocycles. The fraction of sp³-hybridized carbons (Fsp3) is 0.308. The Labute approximate surface area is 128 Å². The summed E-state index contributed by atoms with van der Waals surface area (Å²) in [4.78, 5) is -0.0637. The molecule has 1 aromatic heterocycles. The summed E-state index contributed by atoms with van der Waals surface area (Å²) in [6.45, 7) is 2.23. The first-order chi connectivity index (χ1) is 9.92. The highest BCUT2D eigenvalue weighted by Crippen LogP contribution is 2.26. The molecule has 0 atom stereocenters. The minimum atomic E-state index is -3.70. The highest BCUT2D eigenvalue weighted by molar-refractivity contribution is 7.89. The van der Waals surface area contributed by atoms with Gasteiger partial charge in [0.1, 0.15) is 4.90 Å². The lowest BCUT2D eigenvalue weighted by atomic mass is 10.1. The number of nitrogens with zero attached hydrogens (tertiary/aromatic N) is 1. The lowest BCUT2D eigenvalue weighted by Crippen LogP contribution is -2.26. The van der Waals surface area contributed by atoms with Crippen LogP contribution in [0.5, 0.6) is 0 Å². The minimum absolute atomic E-state index is 0.0637. The molecule has 0 aliphatic heterocycles. The van der Waals surface area contributed by atoms with Crippen LogP contribution in [0, 0.1) is 6.92 Å². The highest BCUT2D eigenvalue weighted by Gasteiger charge is 2.20. The second-order valence-corrected chi connectivity index (χ2v) is 6.79. The second-order valence-electron chi connectivity index (χ2n) is 4.68. The predicted molar refractivity (Wildman–Crippen MR) is 82.7 cm³/mol. The number of hydrogen-bond acceptors (Lipinski definition) is 4. The summed E-state index contributed by atoms with van der Waals surface area (Å²) >= 11 is 5.92. The lowest BCUT2D eigenvalue weighted by molar-refractivity contribution is 0.579. The van der Waals surface area contributed by atoms with Gasteiger partial charge in [0, 0.05) is 12.2 Å². The van der Waals surface area contributed by atoms with E-state index in [9.17, 15) is 8.42 Å². The molecule has 0 unspecified atom stereocenters. The third kappa shape index (κ3) is 3.75. The zero-order valence-corrected chi connectivity index (χ0v) is 13.1. The van der Waals surface area contributed by atoms with Crippen LogP contribution in [0.3, 0.4) is 0 Å². The van der Waals surface area contributed by atoms with Crippen LogP contribution in [0.25, 0.3) is 0 Å². The summed E-state index contributed by atoms with van der Waals surface area (Å²) in [5.41, 5.74) is 7.90. The highest BCUT2D eigenvalue weighted by atomic mass is 35.5. The molecular weight excluding hydrogens is 312 g/mol. The van der Waals surface area contributed by atoms with Crippen LogP contribution in [-0.2, 0) is 16.4 Å². The number of aromatic nitrogens is 2. The van der Waals surface area contributed by atoms with E-state index in [-0.39, 0.29) is 15.6 Å². The summed E-state index contributed by atoms with van der Waals surface area (Å²) in [5, 5.41) is 6.88. The second kappa shape index (κ2) is 6.46. The number of halogens is 1. The zero-order valence-electron chi connectivity index (χ0n) is 11.6. The molecule has 1 aromatic carbocycles. The van der Waals surface area contributed by atoms with Crippen molar-refractivity contribution in [3.05, 3.63) is 40.7 Å². The van der Waals surface area contributed by atoms with Crippen LogP contribution < -0.4 is 10.5 Å². The number of nitrogen functional groups attached to an aromatic ring is 1. The van der Waals surface area contributed by atoms with Gasteiger partial charge in [0.05, 0.1) is 16.9 Å². The van der Waals surface area contributed by atoms with Crippen molar-refractivity contribution in [3.63, 3.8) is 0 Å². The standard InChI is InChI=1S/C13H17ClN4O2S/c1-9-10(8-16-18-9)4-3-7-17-21(19,20)13-11(14)5-2-6-12(13)15/h2,5-6,8,17H,3-4,7,15H2,1H3,(H,16,18). The first-order valence-electron chi connectivity index (χ1n) is 6.44. The Morgan fingerprint density at radius 1 is 1.43 bits per heavy atom. The van der Waals surface area contributed by atoms with Gasteiger partial charge in [-0.25, -0.2) is 13.1 Å². The Kier molecular flexibility index (Phi) is 4.87. The van der Waals surface area contributed by atoms with Crippen molar-refractivity contribution in [3.8, 4) is 0 Å². The molecule has 114 valence electrons. The van der Waals surface area contributed by atoms with Gasteiger partial charge in [-0.3, -0.25) is 5.10 Å². The normalized spacial score (nSPS) is 11.7. The van der Waals surface area contributed by atoms with Gasteiger partial charge < -0.3 is 5.73 Å². The number of anilines is 1. The maximum absolute atomic E-state index is 12.2. The third-order valence-electron chi connectivity index (χ3n) is 3.12. The Balaban J connectivity index is 1.97. The number of benzene rings is 1. The van der Waals surface area contributed by atoms with E-state index in [2.05, 4.69) is 14.9 Å². The lowest BCUT2D eigenvalue weighted by Gasteiger charge is -2.10. The van der Waals surface area contributed by atoms with Gasteiger partial charge in [-0.15, -0.1) is 0 Å². The summed E-state index contributed by atoms with van der Waals surface area (Å²) in [7, 11) is -3.70. The monoisotopic (exact) mass is 328 g/mol. The summed E-state index contributed by atoms with van der Waals surface area (Å²) in [5.74, 6) is 0. The van der Waals surface area contributed by atoms with Crippen LogP contribution in [0.15, 0.2) is 29.3 Å². The average Bonchev–Trinajstić information content (AvgIpc) is 2.80. The van der Waals surface area contributed by atoms with Gasteiger partial charge in [-0.05, 0) is 37.5 Å². The molecule has 0 aliphatic rings. The van der Waals surface area contributed by atoms with Gasteiger partial charge >= 0.3 is 0 Å². The van der Waals surface area contributed by atoms with Gasteiger partial charge in [-0.2, -0.15) is 5.10 Å². The van der Waals surface area contributed by atoms with E-state index in [0.717, 1.165) is 17.7 Å². The smallest absolute Gasteiger partial charge is 0.244 e. The summed E-state index contributed by atoms with van der Waals surface area (Å²) in [6, 6.07) is 4.62. The molecule has 4 N–H and O–H groups in total. The Hall–Kier alpha value is -1.57. The van der Waals surface area contributed by atoms with E-state index in [0.29, 0.717) is 13.0 Å². The average molecular weight is 329 g/mol. The van der Waals surface area contributed by atoms with Crippen molar-refractivity contribution in [2.45, 2.75) is 24.7 Å². The van der Waals surface area contributed by atoms with Crippen LogP contribution in [-0.4, -0.2) is 25.2 Å². The van der Waals surface area contributed by atoms with Crippen molar-refractivity contribution in [2.24, 2.45) is 0 Å². The van der Waals surface area contributed by atoms with Gasteiger partial charge in [0.15, 0.2) is 0 Å². The number of aromatic amines is 1. The molecule has 0 radical (unpaired) electrons. The number of nitrogens with two attached hydrogens (primary N) is 1. The molecule has 2 aromatic rings. The predicted octanol–water partition coefficient (Wildman–Crippen LogP) is 1.86. The molecule has 6 nitrogen and oxygen atoms in total. The van der Waals surface area contributed by atoms with Crippen LogP contribution in [0.4, 0.5) is 5.69 Å². The largest absolute Gasteiger partial charge is 0.398 e. The summed E-state index contributed by atoms with van der Waals surface area (Å²) in [6.07, 6.45) is 3.14. The molecule has 2 rings (SSSR count). The quantitative estimate of drug-likeness (QED) is 0.556. The number of nitrogens with one attached hydrogen (secondary N) is 2. The molecule has 0 fully saturated rings. The van der Waals surface area contributed by atoms with E-state index >= 15 is 0 Å². The zero-order chi connectivity index (χ0) is 15.5. The number of aryl methyl sites for hydroxylation is 2. The SMILES string of the molecule is Cc1[nH]ncc1CCCNS(=O)(=O)c1c(N)cccc1Cl. The van der Waals surface area contributed by atoms with Gasteiger partial charge in [0.25, 0.3) is 0 Å². The first kappa shape index (κ1) is 15.8. The fourth-order valence-electron chi connectivity index (χ4n) is 1.99. The minimum Gasteiger partial charge on any atom is -0.398 e. The molecular formula is C13H17ClN4O2S. The van der Waals surface area contributed by atoms with Crippen molar-refractivity contribution in [1.82, 2.24) is 14.9 Å². The topological polar surface area (TPSA) is 101 Å². The van der Waals surface area contributed by atoms with Gasteiger partial charge in [-0.1, -0.05) is 17.7 Å². The Bertz CT molecular complexity index is 707. The number of H-pyrrole nitrogens is 1. The molecule has 0 bridgehead atoms. The maximum Gasteiger partial charge on any atom is 0.244 e. The maximum atomic E-state index is 12.2. The molecule has 0 amide bonds. The van der Waals surface area contributed by atoms with Crippen molar-refractivity contribution in [1.29, 1.82) is 0 Å². The number of hydrogen-bond donors (Lipinski definition) is 3. The molecule has 8 heteroatoms. The Morgan fingerprint density at radius 3 is 2.81 bits per heavy atom. The van der Waals surface area contributed by atoms with E-state index in [1.165, 1.54) is 12.1 Å². The Morgan fingerprint density at radius 2 is 2.19 bits per heavy atom. The third-order valence-corrected chi connectivity index (χ3v) is 5.12. The van der Waals surface area contributed by atoms with E-state index in [1.807, 2.05) is 6.92 Å². The number of sulfonamides is 1. The van der Waals surface area contributed by atoms with Crippen LogP contribution >= 0.6 is 11.6 Å². The van der Waals surface area contributed by atoms with Crippen LogP contribution in [0.2, 0.25) is 5.02 Å². The van der Waals surface area contributed by atoms with Crippen LogP contribution in [0.1, 0.15) is 17.7 Å². The van der Waals surface area contributed by atoms with Crippen molar-refractivity contribution >= 4 is 27.3 Å². The molecule has 0 spiro atoms. The van der Waals surface area contributed by atoms with Crippen molar-refractivity contribution < 1.29 is 8.42 Å². The summed E-state index contributed by atoms with van der Waals surface area (Å²) < 4.78 is 26.9. The van der Waals surface area contributed by atoms with E-state index < -0.39 is 10.0 Å². The molecule has 0 aliphatic carbocycles. The molecule has 0 saturated heterocycles. The molecule has 21 heavy (non-hydrogen) atoms.